The van der Waals surface area contributed by atoms with E-state index in [-0.39, 0.29) is 0 Å². The predicted octanol–water partition coefficient (Wildman–Crippen LogP) is 4.83. The maximum absolute atomic E-state index is 6.17. The Bertz CT molecular complexity index is 353. The standard InChI is InChI=1S/C13H18Cl3N/c1-10(2)17(7-3-6-14)9-11-8-12(15)4-5-13(11)16/h4-5,8,10H,3,6-7,9H2,1-2H3. The van der Waals surface area contributed by atoms with Crippen molar-refractivity contribution in [2.24, 2.45) is 0 Å². The summed E-state index contributed by atoms with van der Waals surface area (Å²) in [6, 6.07) is 6.05. The van der Waals surface area contributed by atoms with Gasteiger partial charge in [-0.15, -0.1) is 11.6 Å². The van der Waals surface area contributed by atoms with E-state index < -0.39 is 0 Å². The first kappa shape index (κ1) is 15.1. The molecule has 0 N–H and O–H groups in total. The highest BCUT2D eigenvalue weighted by atomic mass is 35.5. The molecule has 0 saturated heterocycles. The average Bonchev–Trinajstić information content (AvgIpc) is 2.28. The number of nitrogens with zero attached hydrogens (tertiary/aromatic N) is 1. The van der Waals surface area contributed by atoms with Crippen LogP contribution in [0.4, 0.5) is 0 Å². The molecule has 1 rings (SSSR count). The van der Waals surface area contributed by atoms with E-state index in [2.05, 4.69) is 18.7 Å². The lowest BCUT2D eigenvalue weighted by Gasteiger charge is -2.26. The van der Waals surface area contributed by atoms with Crippen LogP contribution in [-0.4, -0.2) is 23.4 Å². The lowest BCUT2D eigenvalue weighted by molar-refractivity contribution is 0.214. The van der Waals surface area contributed by atoms with Gasteiger partial charge in [0.1, 0.15) is 0 Å². The summed E-state index contributed by atoms with van der Waals surface area (Å²) < 4.78 is 0. The van der Waals surface area contributed by atoms with Crippen molar-refractivity contribution < 1.29 is 0 Å². The van der Waals surface area contributed by atoms with Gasteiger partial charge in [0.25, 0.3) is 0 Å². The number of hydrogen-bond donors (Lipinski definition) is 0. The van der Waals surface area contributed by atoms with Crippen molar-refractivity contribution in [3.05, 3.63) is 33.8 Å². The van der Waals surface area contributed by atoms with Gasteiger partial charge in [-0.05, 0) is 50.6 Å². The Morgan fingerprint density at radius 3 is 2.53 bits per heavy atom. The first-order chi connectivity index (χ1) is 8.04. The molecule has 17 heavy (non-hydrogen) atoms. The quantitative estimate of drug-likeness (QED) is 0.679. The van der Waals surface area contributed by atoms with E-state index in [0.29, 0.717) is 11.9 Å². The second-order valence-corrected chi connectivity index (χ2v) is 5.56. The first-order valence-electron chi connectivity index (χ1n) is 5.78. The normalized spacial score (nSPS) is 11.5. The molecule has 0 aromatic heterocycles. The maximum Gasteiger partial charge on any atom is 0.0452 e. The molecular weight excluding hydrogens is 277 g/mol. The second kappa shape index (κ2) is 7.48. The molecule has 0 aliphatic carbocycles. The van der Waals surface area contributed by atoms with Gasteiger partial charge in [0.2, 0.25) is 0 Å². The molecule has 0 aliphatic rings. The zero-order valence-electron chi connectivity index (χ0n) is 10.2. The van der Waals surface area contributed by atoms with Crippen LogP contribution in [0.1, 0.15) is 25.8 Å². The van der Waals surface area contributed by atoms with Crippen LogP contribution in [0.25, 0.3) is 0 Å². The van der Waals surface area contributed by atoms with Gasteiger partial charge in [-0.1, -0.05) is 23.2 Å². The lowest BCUT2D eigenvalue weighted by atomic mass is 10.2. The topological polar surface area (TPSA) is 3.24 Å². The minimum atomic E-state index is 0.466. The van der Waals surface area contributed by atoms with Gasteiger partial charge in [0.15, 0.2) is 0 Å². The smallest absolute Gasteiger partial charge is 0.0452 e. The molecule has 1 aromatic rings. The Balaban J connectivity index is 2.74. The highest BCUT2D eigenvalue weighted by Gasteiger charge is 2.11. The molecule has 0 bridgehead atoms. The van der Waals surface area contributed by atoms with Crippen LogP contribution in [0.5, 0.6) is 0 Å². The van der Waals surface area contributed by atoms with Gasteiger partial charge in [0.05, 0.1) is 0 Å². The molecule has 0 radical (unpaired) electrons. The summed E-state index contributed by atoms with van der Waals surface area (Å²) in [6.07, 6.45) is 0.984. The van der Waals surface area contributed by atoms with Gasteiger partial charge >= 0.3 is 0 Å². The Hall–Kier alpha value is 0.0500. The molecule has 0 spiro atoms. The zero-order chi connectivity index (χ0) is 12.8. The number of benzene rings is 1. The van der Waals surface area contributed by atoms with Crippen molar-refractivity contribution in [1.82, 2.24) is 4.90 Å². The molecule has 1 aromatic carbocycles. The Labute approximate surface area is 119 Å². The average molecular weight is 295 g/mol. The van der Waals surface area contributed by atoms with Gasteiger partial charge in [-0.3, -0.25) is 4.90 Å². The Morgan fingerprint density at radius 1 is 1.24 bits per heavy atom. The lowest BCUT2D eigenvalue weighted by Crippen LogP contribution is -2.31. The van der Waals surface area contributed by atoms with E-state index in [1.165, 1.54) is 0 Å². The zero-order valence-corrected chi connectivity index (χ0v) is 12.5. The molecule has 1 nitrogen and oxygen atoms in total. The molecule has 0 aliphatic heterocycles. The van der Waals surface area contributed by atoms with Crippen LogP contribution >= 0.6 is 34.8 Å². The molecule has 0 fully saturated rings. The molecule has 0 amide bonds. The van der Waals surface area contributed by atoms with Crippen molar-refractivity contribution >= 4 is 34.8 Å². The van der Waals surface area contributed by atoms with Crippen LogP contribution in [-0.2, 0) is 6.54 Å². The summed E-state index contributed by atoms with van der Waals surface area (Å²) in [6.45, 7) is 6.14. The first-order valence-corrected chi connectivity index (χ1v) is 7.07. The SMILES string of the molecule is CC(C)N(CCCCl)Cc1cc(Cl)ccc1Cl. The third-order valence-electron chi connectivity index (χ3n) is 2.69. The van der Waals surface area contributed by atoms with E-state index in [4.69, 9.17) is 34.8 Å². The number of alkyl halides is 1. The van der Waals surface area contributed by atoms with E-state index in [1.54, 1.807) is 0 Å². The number of halogens is 3. The summed E-state index contributed by atoms with van der Waals surface area (Å²) in [7, 11) is 0. The van der Waals surface area contributed by atoms with Gasteiger partial charge in [-0.25, -0.2) is 0 Å². The van der Waals surface area contributed by atoms with Crippen molar-refractivity contribution in [2.45, 2.75) is 32.9 Å². The van der Waals surface area contributed by atoms with Crippen LogP contribution in [0.2, 0.25) is 10.0 Å². The molecular formula is C13H18Cl3N. The summed E-state index contributed by atoms with van der Waals surface area (Å²) in [5, 5.41) is 1.50. The minimum absolute atomic E-state index is 0.466. The van der Waals surface area contributed by atoms with Crippen LogP contribution < -0.4 is 0 Å². The molecule has 0 saturated carbocycles. The Kier molecular flexibility index (Phi) is 6.65. The van der Waals surface area contributed by atoms with E-state index in [9.17, 15) is 0 Å². The molecule has 0 atom stereocenters. The monoisotopic (exact) mass is 293 g/mol. The van der Waals surface area contributed by atoms with Gasteiger partial charge in [0, 0.05) is 28.5 Å². The second-order valence-electron chi connectivity index (χ2n) is 4.34. The van der Waals surface area contributed by atoms with E-state index in [0.717, 1.165) is 35.1 Å². The summed E-state index contributed by atoms with van der Waals surface area (Å²) in [4.78, 5) is 2.35. The highest BCUT2D eigenvalue weighted by Crippen LogP contribution is 2.22. The molecule has 4 heteroatoms. The van der Waals surface area contributed by atoms with E-state index >= 15 is 0 Å². The van der Waals surface area contributed by atoms with Crippen molar-refractivity contribution in [3.8, 4) is 0 Å². The predicted molar refractivity (Wildman–Crippen MR) is 77.3 cm³/mol. The third-order valence-corrected chi connectivity index (χ3v) is 3.56. The fourth-order valence-electron chi connectivity index (χ4n) is 1.67. The van der Waals surface area contributed by atoms with Crippen LogP contribution in [0.15, 0.2) is 18.2 Å². The summed E-state index contributed by atoms with van der Waals surface area (Å²) >= 11 is 17.9. The van der Waals surface area contributed by atoms with Crippen molar-refractivity contribution in [3.63, 3.8) is 0 Å². The van der Waals surface area contributed by atoms with E-state index in [1.807, 2.05) is 18.2 Å². The summed E-state index contributed by atoms with van der Waals surface area (Å²) in [5.41, 5.74) is 1.07. The number of rotatable bonds is 6. The molecule has 0 heterocycles. The van der Waals surface area contributed by atoms with Crippen molar-refractivity contribution in [2.75, 3.05) is 12.4 Å². The fourth-order valence-corrected chi connectivity index (χ4v) is 2.16. The van der Waals surface area contributed by atoms with Crippen molar-refractivity contribution in [1.29, 1.82) is 0 Å². The summed E-state index contributed by atoms with van der Waals surface area (Å²) in [5.74, 6) is 0.687. The fraction of sp³-hybridized carbons (Fsp3) is 0.538. The number of hydrogen-bond acceptors (Lipinski definition) is 1. The highest BCUT2D eigenvalue weighted by molar-refractivity contribution is 6.33. The Morgan fingerprint density at radius 2 is 1.94 bits per heavy atom. The van der Waals surface area contributed by atoms with Gasteiger partial charge in [-0.2, -0.15) is 0 Å². The van der Waals surface area contributed by atoms with Gasteiger partial charge < -0.3 is 0 Å². The van der Waals surface area contributed by atoms with Crippen LogP contribution in [0.3, 0.4) is 0 Å². The third kappa shape index (κ3) is 5.05. The van der Waals surface area contributed by atoms with Crippen LogP contribution in [0, 0.1) is 0 Å². The largest absolute Gasteiger partial charge is 0.297 e. The maximum atomic E-state index is 6.17. The minimum Gasteiger partial charge on any atom is -0.297 e. The molecule has 96 valence electrons. The molecule has 0 unspecified atom stereocenters.